The number of piperidine rings is 1. The molecule has 2 aromatic heterocycles. The number of aryl methyl sites for hydroxylation is 3. The van der Waals surface area contributed by atoms with Gasteiger partial charge in [0, 0.05) is 69.5 Å². The Morgan fingerprint density at radius 2 is 1.83 bits per heavy atom. The van der Waals surface area contributed by atoms with Crippen molar-refractivity contribution in [2.24, 2.45) is 17.1 Å². The lowest BCUT2D eigenvalue weighted by Crippen LogP contribution is -2.62. The van der Waals surface area contributed by atoms with E-state index in [0.717, 1.165) is 49.2 Å². The van der Waals surface area contributed by atoms with Crippen molar-refractivity contribution in [3.63, 3.8) is 0 Å². The van der Waals surface area contributed by atoms with E-state index in [2.05, 4.69) is 32.7 Å². The van der Waals surface area contributed by atoms with Crippen LogP contribution in [0, 0.1) is 18.3 Å². The molecule has 0 radical (unpaired) electrons. The molecule has 1 aromatic carbocycles. The highest BCUT2D eigenvalue weighted by Gasteiger charge is 2.43. The van der Waals surface area contributed by atoms with Gasteiger partial charge in [-0.1, -0.05) is 37.6 Å². The number of pyridine rings is 1. The Kier molecular flexibility index (Phi) is 9.71. The standard InChI is InChI=1S/C36H46ClN7O3/c1-24-19-41(23-40-24)20-25-6-5-13-43(21-25)35(47)30-22-42(14-15-44(30)32(46)18-36(2,3)17-31(38)45)34-29-11-10-28(37)16-27(29)9-8-26-7-4-12-39-33(26)34/h4,7,10-12,16,19,23,25,30,34H,5-6,8-9,13-15,17-18,20-22H2,1-3H3,(H2,38,45)/t25-,30+,34-/m0/s1. The Morgan fingerprint density at radius 3 is 2.60 bits per heavy atom. The van der Waals surface area contributed by atoms with Crippen molar-refractivity contribution < 1.29 is 14.4 Å². The number of fused-ring (bicyclic) bond motifs is 2. The number of nitrogens with zero attached hydrogens (tertiary/aromatic N) is 6. The van der Waals surface area contributed by atoms with E-state index in [1.165, 1.54) is 11.1 Å². The highest BCUT2D eigenvalue weighted by molar-refractivity contribution is 6.30. The van der Waals surface area contributed by atoms with E-state index >= 15 is 0 Å². The number of halogens is 1. The molecule has 6 rings (SSSR count). The molecule has 1 aliphatic carbocycles. The van der Waals surface area contributed by atoms with Gasteiger partial charge in [-0.05, 0) is 78.8 Å². The number of benzene rings is 1. The van der Waals surface area contributed by atoms with Gasteiger partial charge in [0.1, 0.15) is 6.04 Å². The fourth-order valence-electron chi connectivity index (χ4n) is 7.84. The van der Waals surface area contributed by atoms with Gasteiger partial charge in [0.2, 0.25) is 17.7 Å². The fourth-order valence-corrected chi connectivity index (χ4v) is 8.04. The number of hydrogen-bond acceptors (Lipinski definition) is 6. The summed E-state index contributed by atoms with van der Waals surface area (Å²) >= 11 is 6.47. The van der Waals surface area contributed by atoms with Crippen LogP contribution >= 0.6 is 11.6 Å². The maximum atomic E-state index is 14.6. The first-order chi connectivity index (χ1) is 22.5. The van der Waals surface area contributed by atoms with E-state index in [9.17, 15) is 14.4 Å². The van der Waals surface area contributed by atoms with Crippen molar-refractivity contribution in [1.82, 2.24) is 29.2 Å². The Morgan fingerprint density at radius 1 is 1.02 bits per heavy atom. The summed E-state index contributed by atoms with van der Waals surface area (Å²) in [4.78, 5) is 55.8. The second kappa shape index (κ2) is 13.8. The number of amides is 3. The Balaban J connectivity index is 1.31. The monoisotopic (exact) mass is 659 g/mol. The Labute approximate surface area is 282 Å². The summed E-state index contributed by atoms with van der Waals surface area (Å²) in [7, 11) is 0. The second-order valence-electron chi connectivity index (χ2n) is 14.4. The van der Waals surface area contributed by atoms with Crippen LogP contribution in [0.2, 0.25) is 5.02 Å². The largest absolute Gasteiger partial charge is 0.370 e. The van der Waals surface area contributed by atoms with Crippen LogP contribution in [0.15, 0.2) is 49.1 Å². The minimum absolute atomic E-state index is 0.0199. The number of imidazole rings is 1. The zero-order chi connectivity index (χ0) is 33.3. The summed E-state index contributed by atoms with van der Waals surface area (Å²) in [6.07, 6.45) is 9.62. The molecule has 3 aliphatic rings. The van der Waals surface area contributed by atoms with Crippen LogP contribution in [-0.4, -0.2) is 85.7 Å². The molecule has 0 saturated carbocycles. The summed E-state index contributed by atoms with van der Waals surface area (Å²) in [6.45, 7) is 9.20. The second-order valence-corrected chi connectivity index (χ2v) is 14.8. The van der Waals surface area contributed by atoms with Gasteiger partial charge in [-0.15, -0.1) is 0 Å². The smallest absolute Gasteiger partial charge is 0.246 e. The van der Waals surface area contributed by atoms with E-state index in [-0.39, 0.29) is 30.7 Å². The van der Waals surface area contributed by atoms with Crippen molar-refractivity contribution in [2.45, 2.75) is 77.9 Å². The minimum atomic E-state index is -0.666. The molecule has 0 unspecified atom stereocenters. The van der Waals surface area contributed by atoms with Gasteiger partial charge in [0.05, 0.1) is 23.8 Å². The number of rotatable bonds is 8. The van der Waals surface area contributed by atoms with Crippen molar-refractivity contribution in [3.05, 3.63) is 82.2 Å². The van der Waals surface area contributed by atoms with E-state index in [0.29, 0.717) is 43.7 Å². The first kappa shape index (κ1) is 33.2. The highest BCUT2D eigenvalue weighted by Crippen LogP contribution is 2.38. The number of primary amides is 1. The third-order valence-electron chi connectivity index (χ3n) is 9.98. The molecular weight excluding hydrogens is 614 g/mol. The maximum absolute atomic E-state index is 14.6. The predicted octanol–water partition coefficient (Wildman–Crippen LogP) is 4.17. The third-order valence-corrected chi connectivity index (χ3v) is 10.2. The lowest BCUT2D eigenvalue weighted by atomic mass is 9.84. The number of carbonyl (C=O) groups is 3. The molecule has 250 valence electrons. The van der Waals surface area contributed by atoms with Crippen LogP contribution in [0.1, 0.15) is 73.7 Å². The summed E-state index contributed by atoms with van der Waals surface area (Å²) < 4.78 is 2.10. The summed E-state index contributed by atoms with van der Waals surface area (Å²) in [5, 5.41) is 0.703. The van der Waals surface area contributed by atoms with Crippen LogP contribution < -0.4 is 5.73 Å². The molecule has 3 amide bonds. The topological polar surface area (TPSA) is 118 Å². The summed E-state index contributed by atoms with van der Waals surface area (Å²) in [5.41, 5.74) is 10.4. The quantitative estimate of drug-likeness (QED) is 0.388. The van der Waals surface area contributed by atoms with Gasteiger partial charge in [0.25, 0.3) is 0 Å². The number of nitrogens with two attached hydrogens (primary N) is 1. The number of aromatic nitrogens is 3. The molecule has 2 N–H and O–H groups in total. The van der Waals surface area contributed by atoms with Crippen molar-refractivity contribution in [3.8, 4) is 0 Å². The Bertz CT molecular complexity index is 1640. The molecular formula is C36H46ClN7O3. The molecule has 11 heteroatoms. The molecule has 2 fully saturated rings. The van der Waals surface area contributed by atoms with E-state index in [1.807, 2.05) is 56.5 Å². The fraction of sp³-hybridized carbons (Fsp3) is 0.528. The molecule has 47 heavy (non-hydrogen) atoms. The molecule has 0 spiro atoms. The van der Waals surface area contributed by atoms with Gasteiger partial charge in [-0.25, -0.2) is 4.98 Å². The molecule has 3 atom stereocenters. The van der Waals surface area contributed by atoms with Crippen molar-refractivity contribution in [1.29, 1.82) is 0 Å². The van der Waals surface area contributed by atoms with E-state index in [1.54, 1.807) is 4.90 Å². The van der Waals surface area contributed by atoms with E-state index < -0.39 is 17.4 Å². The number of hydrogen-bond donors (Lipinski definition) is 1. The number of likely N-dealkylation sites (tertiary alicyclic amines) is 1. The van der Waals surface area contributed by atoms with Crippen LogP contribution in [0.25, 0.3) is 0 Å². The van der Waals surface area contributed by atoms with Crippen LogP contribution in [0.3, 0.4) is 0 Å². The third kappa shape index (κ3) is 7.54. The molecule has 2 saturated heterocycles. The van der Waals surface area contributed by atoms with E-state index in [4.69, 9.17) is 22.3 Å². The number of carbonyl (C=O) groups excluding carboxylic acids is 3. The van der Waals surface area contributed by atoms with Gasteiger partial charge >= 0.3 is 0 Å². The van der Waals surface area contributed by atoms with Crippen LogP contribution in [0.5, 0.6) is 0 Å². The average molecular weight is 660 g/mol. The molecule has 0 bridgehead atoms. The summed E-state index contributed by atoms with van der Waals surface area (Å²) in [5.74, 6) is -0.281. The average Bonchev–Trinajstić information content (AvgIpc) is 3.36. The highest BCUT2D eigenvalue weighted by atomic mass is 35.5. The maximum Gasteiger partial charge on any atom is 0.246 e. The van der Waals surface area contributed by atoms with Crippen molar-refractivity contribution in [2.75, 3.05) is 32.7 Å². The zero-order valence-corrected chi connectivity index (χ0v) is 28.5. The number of piperazine rings is 1. The molecule has 10 nitrogen and oxygen atoms in total. The minimum Gasteiger partial charge on any atom is -0.370 e. The predicted molar refractivity (Wildman–Crippen MR) is 180 cm³/mol. The molecule has 4 heterocycles. The molecule has 3 aromatic rings. The zero-order valence-electron chi connectivity index (χ0n) is 27.7. The SMILES string of the molecule is Cc1cn(C[C@@H]2CCCN(C(=O)[C@H]3CN([C@H]4c5ccc(Cl)cc5CCc5cccnc54)CCN3C(=O)CC(C)(C)CC(N)=O)C2)cn1. The normalized spacial score (nSPS) is 21.9. The van der Waals surface area contributed by atoms with Crippen LogP contribution in [-0.2, 0) is 33.8 Å². The first-order valence-electron chi connectivity index (χ1n) is 16.8. The van der Waals surface area contributed by atoms with Gasteiger partial charge < -0.3 is 20.1 Å². The van der Waals surface area contributed by atoms with Gasteiger partial charge in [-0.3, -0.25) is 24.3 Å². The van der Waals surface area contributed by atoms with Crippen molar-refractivity contribution >= 4 is 29.3 Å². The Hall–Kier alpha value is -3.76. The lowest BCUT2D eigenvalue weighted by molar-refractivity contribution is -0.152. The van der Waals surface area contributed by atoms with Gasteiger partial charge in [-0.2, -0.15) is 0 Å². The van der Waals surface area contributed by atoms with Crippen LogP contribution in [0.4, 0.5) is 0 Å². The lowest BCUT2D eigenvalue weighted by Gasteiger charge is -2.46. The summed E-state index contributed by atoms with van der Waals surface area (Å²) in [6, 6.07) is 9.36. The first-order valence-corrected chi connectivity index (χ1v) is 17.2. The van der Waals surface area contributed by atoms with Gasteiger partial charge in [0.15, 0.2) is 0 Å². The molecule has 2 aliphatic heterocycles.